The number of rotatable bonds is 3. The van der Waals surface area contributed by atoms with Gasteiger partial charge in [-0.3, -0.25) is 4.90 Å². The van der Waals surface area contributed by atoms with Gasteiger partial charge in [0.2, 0.25) is 6.79 Å². The molecule has 1 aliphatic carbocycles. The lowest BCUT2D eigenvalue weighted by atomic mass is 9.77. The van der Waals surface area contributed by atoms with Gasteiger partial charge in [0.25, 0.3) is 0 Å². The molecule has 6 nitrogen and oxygen atoms in total. The second kappa shape index (κ2) is 6.87. The predicted molar refractivity (Wildman–Crippen MR) is 103 cm³/mol. The van der Waals surface area contributed by atoms with Crippen molar-refractivity contribution in [1.82, 2.24) is 4.90 Å². The Morgan fingerprint density at radius 3 is 2.46 bits per heavy atom. The quantitative estimate of drug-likeness (QED) is 0.878. The molecule has 0 bridgehead atoms. The Bertz CT molecular complexity index is 862. The van der Waals surface area contributed by atoms with E-state index in [9.17, 15) is 5.11 Å². The molecule has 1 N–H and O–H groups in total. The van der Waals surface area contributed by atoms with Crippen LogP contribution in [-0.4, -0.2) is 42.7 Å². The molecule has 2 aromatic carbocycles. The van der Waals surface area contributed by atoms with Crippen molar-refractivity contribution in [2.24, 2.45) is 0 Å². The van der Waals surface area contributed by atoms with E-state index in [4.69, 9.17) is 18.9 Å². The standard InChI is InChI=1S/C22H25NO5/c1-23(21-13-25-17-4-2-3-5-19(17)28-21)16-8-10-22(24,11-9-16)15-6-7-18-20(12-15)27-14-26-18/h2-7,12,16,21,24H,8-11,13-14H2,1H3/t16?,21-,22?/m0/s1. The highest BCUT2D eigenvalue weighted by Crippen LogP contribution is 2.43. The Hall–Kier alpha value is -2.44. The number of fused-ring (bicyclic) bond motifs is 2. The van der Waals surface area contributed by atoms with E-state index in [1.165, 1.54) is 0 Å². The van der Waals surface area contributed by atoms with Crippen LogP contribution in [0.3, 0.4) is 0 Å². The molecular formula is C22H25NO5. The molecule has 148 valence electrons. The summed E-state index contributed by atoms with van der Waals surface area (Å²) in [5, 5.41) is 11.2. The number of aliphatic hydroxyl groups is 1. The van der Waals surface area contributed by atoms with Crippen LogP contribution in [0.2, 0.25) is 0 Å². The van der Waals surface area contributed by atoms with E-state index < -0.39 is 5.60 Å². The van der Waals surface area contributed by atoms with Crippen LogP contribution in [-0.2, 0) is 5.60 Å². The lowest BCUT2D eigenvalue weighted by molar-refractivity contribution is -0.0717. The molecule has 2 heterocycles. The Labute approximate surface area is 164 Å². The molecule has 1 atom stereocenters. The van der Waals surface area contributed by atoms with E-state index >= 15 is 0 Å². The van der Waals surface area contributed by atoms with Crippen molar-refractivity contribution in [3.8, 4) is 23.0 Å². The molecular weight excluding hydrogens is 358 g/mol. The SMILES string of the molecule is CN(C1CCC(O)(c2ccc3c(c2)OCO3)CC1)[C@@H]1COc2ccccc2O1. The summed E-state index contributed by atoms with van der Waals surface area (Å²) in [6.07, 6.45) is 3.07. The zero-order chi connectivity index (χ0) is 19.1. The summed E-state index contributed by atoms with van der Waals surface area (Å²) >= 11 is 0. The first kappa shape index (κ1) is 17.6. The van der Waals surface area contributed by atoms with Gasteiger partial charge in [0.15, 0.2) is 29.2 Å². The number of benzene rings is 2. The van der Waals surface area contributed by atoms with Crippen molar-refractivity contribution in [1.29, 1.82) is 0 Å². The number of hydrogen-bond acceptors (Lipinski definition) is 6. The third-order valence-electron chi connectivity index (χ3n) is 6.22. The van der Waals surface area contributed by atoms with Crippen LogP contribution in [0.4, 0.5) is 0 Å². The van der Waals surface area contributed by atoms with Gasteiger partial charge in [-0.25, -0.2) is 0 Å². The fourth-order valence-corrected chi connectivity index (χ4v) is 4.41. The van der Waals surface area contributed by atoms with Crippen molar-refractivity contribution >= 4 is 0 Å². The lowest BCUT2D eigenvalue weighted by Gasteiger charge is -2.43. The van der Waals surface area contributed by atoms with Crippen LogP contribution in [0.15, 0.2) is 42.5 Å². The van der Waals surface area contributed by atoms with E-state index in [-0.39, 0.29) is 13.0 Å². The maximum absolute atomic E-state index is 11.2. The van der Waals surface area contributed by atoms with Crippen molar-refractivity contribution in [3.63, 3.8) is 0 Å². The molecule has 6 heteroatoms. The fourth-order valence-electron chi connectivity index (χ4n) is 4.41. The summed E-state index contributed by atoms with van der Waals surface area (Å²) in [6, 6.07) is 13.9. The first-order valence-corrected chi connectivity index (χ1v) is 9.85. The number of hydrogen-bond donors (Lipinski definition) is 1. The molecule has 0 radical (unpaired) electrons. The van der Waals surface area contributed by atoms with Crippen molar-refractivity contribution in [3.05, 3.63) is 48.0 Å². The van der Waals surface area contributed by atoms with Crippen LogP contribution >= 0.6 is 0 Å². The van der Waals surface area contributed by atoms with E-state index in [2.05, 4.69) is 11.9 Å². The minimum atomic E-state index is -0.825. The van der Waals surface area contributed by atoms with Gasteiger partial charge < -0.3 is 24.1 Å². The van der Waals surface area contributed by atoms with Gasteiger partial charge in [0.05, 0.1) is 5.60 Å². The topological polar surface area (TPSA) is 60.4 Å². The van der Waals surface area contributed by atoms with Crippen molar-refractivity contribution in [2.45, 2.75) is 43.6 Å². The molecule has 2 aliphatic heterocycles. The van der Waals surface area contributed by atoms with Crippen LogP contribution in [0.1, 0.15) is 31.2 Å². The Morgan fingerprint density at radius 2 is 1.64 bits per heavy atom. The van der Waals surface area contributed by atoms with E-state index in [0.717, 1.165) is 41.4 Å². The average Bonchev–Trinajstić information content (AvgIpc) is 3.21. The predicted octanol–water partition coefficient (Wildman–Crippen LogP) is 3.27. The summed E-state index contributed by atoms with van der Waals surface area (Å²) in [7, 11) is 2.08. The molecule has 0 aromatic heterocycles. The van der Waals surface area contributed by atoms with Gasteiger partial charge in [0.1, 0.15) is 6.61 Å². The second-order valence-electron chi connectivity index (χ2n) is 7.83. The van der Waals surface area contributed by atoms with Gasteiger partial charge in [-0.2, -0.15) is 0 Å². The molecule has 1 saturated carbocycles. The van der Waals surface area contributed by atoms with E-state index in [0.29, 0.717) is 25.5 Å². The fraction of sp³-hybridized carbons (Fsp3) is 0.455. The normalized spacial score (nSPS) is 28.4. The van der Waals surface area contributed by atoms with Crippen LogP contribution in [0.25, 0.3) is 0 Å². The Morgan fingerprint density at radius 1 is 0.929 bits per heavy atom. The first-order valence-electron chi connectivity index (χ1n) is 9.85. The van der Waals surface area contributed by atoms with Crippen molar-refractivity contribution < 1.29 is 24.1 Å². The molecule has 5 rings (SSSR count). The maximum atomic E-state index is 11.2. The minimum absolute atomic E-state index is 0.114. The zero-order valence-electron chi connectivity index (χ0n) is 16.0. The second-order valence-corrected chi connectivity index (χ2v) is 7.83. The average molecular weight is 383 g/mol. The highest BCUT2D eigenvalue weighted by atomic mass is 16.7. The molecule has 0 unspecified atom stereocenters. The number of ether oxygens (including phenoxy) is 4. The molecule has 28 heavy (non-hydrogen) atoms. The van der Waals surface area contributed by atoms with Gasteiger partial charge in [0, 0.05) is 6.04 Å². The van der Waals surface area contributed by atoms with Crippen LogP contribution < -0.4 is 18.9 Å². The highest BCUT2D eigenvalue weighted by Gasteiger charge is 2.39. The minimum Gasteiger partial charge on any atom is -0.484 e. The molecule has 0 amide bonds. The number of para-hydroxylation sites is 2. The monoisotopic (exact) mass is 383 g/mol. The summed E-state index contributed by atoms with van der Waals surface area (Å²) < 4.78 is 22.8. The maximum Gasteiger partial charge on any atom is 0.231 e. The molecule has 2 aromatic rings. The third-order valence-corrected chi connectivity index (χ3v) is 6.22. The number of likely N-dealkylation sites (N-methyl/N-ethyl adjacent to an activating group) is 1. The van der Waals surface area contributed by atoms with Crippen molar-refractivity contribution in [2.75, 3.05) is 20.4 Å². The highest BCUT2D eigenvalue weighted by molar-refractivity contribution is 5.46. The van der Waals surface area contributed by atoms with E-state index in [1.807, 2.05) is 42.5 Å². The lowest BCUT2D eigenvalue weighted by Crippen LogP contribution is -2.50. The zero-order valence-corrected chi connectivity index (χ0v) is 16.0. The van der Waals surface area contributed by atoms with Gasteiger partial charge >= 0.3 is 0 Å². The third kappa shape index (κ3) is 3.06. The van der Waals surface area contributed by atoms with Crippen LogP contribution in [0, 0.1) is 0 Å². The Kier molecular flexibility index (Phi) is 4.33. The summed E-state index contributed by atoms with van der Waals surface area (Å²) in [6.45, 7) is 0.757. The summed E-state index contributed by atoms with van der Waals surface area (Å²) in [4.78, 5) is 2.25. The van der Waals surface area contributed by atoms with Crippen LogP contribution in [0.5, 0.6) is 23.0 Å². The van der Waals surface area contributed by atoms with Gasteiger partial charge in [-0.15, -0.1) is 0 Å². The molecule has 0 saturated heterocycles. The summed E-state index contributed by atoms with van der Waals surface area (Å²) in [5.74, 6) is 3.05. The number of nitrogens with zero attached hydrogens (tertiary/aromatic N) is 1. The summed E-state index contributed by atoms with van der Waals surface area (Å²) in [5.41, 5.74) is 0.0819. The van der Waals surface area contributed by atoms with Gasteiger partial charge in [-0.1, -0.05) is 18.2 Å². The van der Waals surface area contributed by atoms with E-state index in [1.54, 1.807) is 0 Å². The largest absolute Gasteiger partial charge is 0.484 e. The molecule has 3 aliphatic rings. The Balaban J connectivity index is 1.24. The molecule has 0 spiro atoms. The smallest absolute Gasteiger partial charge is 0.231 e. The first-order chi connectivity index (χ1) is 13.6. The molecule has 1 fully saturated rings. The van der Waals surface area contributed by atoms with Gasteiger partial charge in [-0.05, 0) is 62.6 Å².